The first kappa shape index (κ1) is 12.4. The molecule has 2 heteroatoms. The van der Waals surface area contributed by atoms with Crippen LogP contribution >= 0.6 is 11.9 Å². The van der Waals surface area contributed by atoms with Crippen molar-refractivity contribution in [2.24, 2.45) is 0 Å². The van der Waals surface area contributed by atoms with Crippen LogP contribution in [0.2, 0.25) is 0 Å². The van der Waals surface area contributed by atoms with E-state index in [-0.39, 0.29) is 0 Å². The highest BCUT2D eigenvalue weighted by molar-refractivity contribution is 8.00. The first-order valence-corrected chi connectivity index (χ1v) is 7.32. The van der Waals surface area contributed by atoms with Crippen LogP contribution in [0.1, 0.15) is 18.1 Å². The quantitative estimate of drug-likeness (QED) is 0.710. The van der Waals surface area contributed by atoms with Crippen molar-refractivity contribution in [1.29, 1.82) is 0 Å². The van der Waals surface area contributed by atoms with Crippen molar-refractivity contribution in [3.05, 3.63) is 65.7 Å². The molecule has 0 bridgehead atoms. The van der Waals surface area contributed by atoms with Gasteiger partial charge in [0.05, 0.1) is 11.7 Å². The highest BCUT2D eigenvalue weighted by atomic mass is 32.2. The molecule has 0 amide bonds. The summed E-state index contributed by atoms with van der Waals surface area (Å²) in [7, 11) is 0. The molecule has 2 aromatic rings. The van der Waals surface area contributed by atoms with E-state index in [1.54, 1.807) is 11.9 Å². The molecule has 0 saturated carbocycles. The fourth-order valence-electron chi connectivity index (χ4n) is 2.21. The Labute approximate surface area is 119 Å². The number of hydrogen-bond donors (Lipinski definition) is 0. The molecule has 1 unspecified atom stereocenters. The maximum Gasteiger partial charge on any atom is 0.0565 e. The largest absolute Gasteiger partial charge is 0.305 e. The molecule has 1 atom stereocenters. The summed E-state index contributed by atoms with van der Waals surface area (Å²) >= 11 is 1.81. The number of benzene rings is 2. The highest BCUT2D eigenvalue weighted by Gasteiger charge is 2.19. The van der Waals surface area contributed by atoms with Gasteiger partial charge in [-0.05, 0) is 49.6 Å². The molecule has 0 fully saturated rings. The van der Waals surface area contributed by atoms with E-state index in [1.807, 2.05) is 0 Å². The first-order chi connectivity index (χ1) is 9.24. The Balaban J connectivity index is 1.91. The van der Waals surface area contributed by atoms with Crippen molar-refractivity contribution in [2.75, 3.05) is 4.31 Å². The third-order valence-electron chi connectivity index (χ3n) is 3.32. The van der Waals surface area contributed by atoms with Crippen LogP contribution < -0.4 is 4.31 Å². The molecule has 1 aliphatic rings. The second-order valence-electron chi connectivity index (χ2n) is 4.89. The number of para-hydroxylation sites is 1. The van der Waals surface area contributed by atoms with E-state index in [9.17, 15) is 0 Å². The van der Waals surface area contributed by atoms with Gasteiger partial charge in [0.1, 0.15) is 0 Å². The molecule has 2 aromatic carbocycles. The van der Waals surface area contributed by atoms with Gasteiger partial charge in [-0.15, -0.1) is 0 Å². The second kappa shape index (κ2) is 5.14. The van der Waals surface area contributed by atoms with E-state index in [4.69, 9.17) is 0 Å². The van der Waals surface area contributed by atoms with Crippen LogP contribution in [0.4, 0.5) is 5.69 Å². The highest BCUT2D eigenvalue weighted by Crippen LogP contribution is 2.37. The van der Waals surface area contributed by atoms with Crippen LogP contribution in [-0.4, -0.2) is 6.04 Å². The zero-order valence-electron chi connectivity index (χ0n) is 11.2. The van der Waals surface area contributed by atoms with Crippen LogP contribution in [0.25, 0.3) is 6.08 Å². The Hall–Kier alpha value is -1.67. The van der Waals surface area contributed by atoms with Gasteiger partial charge in [-0.25, -0.2) is 0 Å². The summed E-state index contributed by atoms with van der Waals surface area (Å²) in [6.07, 6.45) is 4.47. The zero-order chi connectivity index (χ0) is 13.2. The average molecular weight is 267 g/mol. The Morgan fingerprint density at radius 2 is 1.74 bits per heavy atom. The topological polar surface area (TPSA) is 3.24 Å². The van der Waals surface area contributed by atoms with Gasteiger partial charge in [-0.1, -0.05) is 48.0 Å². The van der Waals surface area contributed by atoms with Gasteiger partial charge in [0, 0.05) is 4.90 Å². The lowest BCUT2D eigenvalue weighted by atomic mass is 10.1. The normalized spacial score (nSPS) is 17.4. The first-order valence-electron chi connectivity index (χ1n) is 6.55. The van der Waals surface area contributed by atoms with Gasteiger partial charge in [0.15, 0.2) is 0 Å². The summed E-state index contributed by atoms with van der Waals surface area (Å²) in [4.78, 5) is 1.28. The summed E-state index contributed by atoms with van der Waals surface area (Å²) in [5.74, 6) is 0. The molecule has 0 radical (unpaired) electrons. The van der Waals surface area contributed by atoms with Crippen molar-refractivity contribution in [3.63, 3.8) is 0 Å². The molecule has 0 saturated heterocycles. The lowest BCUT2D eigenvalue weighted by Gasteiger charge is -2.32. The van der Waals surface area contributed by atoms with Crippen LogP contribution in [0, 0.1) is 6.92 Å². The standard InChI is InChI=1S/C17H17NS/c1-13-7-11-16(12-8-13)19-18-14(2)9-10-15-5-3-4-6-17(15)18/h3-12,14H,1-2H3. The van der Waals surface area contributed by atoms with Gasteiger partial charge < -0.3 is 4.31 Å². The van der Waals surface area contributed by atoms with Crippen LogP contribution in [0.15, 0.2) is 59.5 Å². The third-order valence-corrected chi connectivity index (χ3v) is 4.53. The summed E-state index contributed by atoms with van der Waals surface area (Å²) in [5.41, 5.74) is 3.89. The molecule has 1 heterocycles. The molecule has 1 nitrogen and oxygen atoms in total. The number of fused-ring (bicyclic) bond motifs is 1. The van der Waals surface area contributed by atoms with Crippen LogP contribution in [0.5, 0.6) is 0 Å². The number of aryl methyl sites for hydroxylation is 1. The van der Waals surface area contributed by atoms with Gasteiger partial charge in [0.25, 0.3) is 0 Å². The maximum atomic E-state index is 2.38. The molecule has 3 rings (SSSR count). The van der Waals surface area contributed by atoms with Crippen molar-refractivity contribution in [1.82, 2.24) is 0 Å². The van der Waals surface area contributed by atoms with E-state index in [1.165, 1.54) is 21.7 Å². The number of anilines is 1. The molecule has 0 aromatic heterocycles. The van der Waals surface area contributed by atoms with Crippen LogP contribution in [0.3, 0.4) is 0 Å². The molecule has 0 aliphatic carbocycles. The minimum Gasteiger partial charge on any atom is -0.305 e. The second-order valence-corrected chi connectivity index (χ2v) is 5.94. The minimum absolute atomic E-state index is 0.404. The smallest absolute Gasteiger partial charge is 0.0565 e. The van der Waals surface area contributed by atoms with Crippen molar-refractivity contribution in [2.45, 2.75) is 24.8 Å². The fourth-order valence-corrected chi connectivity index (χ4v) is 3.20. The number of hydrogen-bond acceptors (Lipinski definition) is 2. The Morgan fingerprint density at radius 1 is 1.00 bits per heavy atom. The predicted octanol–water partition coefficient (Wildman–Crippen LogP) is 4.92. The summed E-state index contributed by atoms with van der Waals surface area (Å²) in [6, 6.07) is 17.7. The Morgan fingerprint density at radius 3 is 2.53 bits per heavy atom. The van der Waals surface area contributed by atoms with Crippen molar-refractivity contribution < 1.29 is 0 Å². The molecule has 19 heavy (non-hydrogen) atoms. The molecular formula is C17H17NS. The van der Waals surface area contributed by atoms with E-state index in [2.05, 4.69) is 78.8 Å². The summed E-state index contributed by atoms with van der Waals surface area (Å²) in [6.45, 7) is 4.35. The van der Waals surface area contributed by atoms with Gasteiger partial charge in [-0.2, -0.15) is 0 Å². The van der Waals surface area contributed by atoms with Gasteiger partial charge in [-0.3, -0.25) is 0 Å². The van der Waals surface area contributed by atoms with E-state index < -0.39 is 0 Å². The van der Waals surface area contributed by atoms with E-state index in [0.717, 1.165) is 0 Å². The lowest BCUT2D eigenvalue weighted by molar-refractivity contribution is 0.916. The maximum absolute atomic E-state index is 2.38. The average Bonchev–Trinajstić information content (AvgIpc) is 2.44. The fraction of sp³-hybridized carbons (Fsp3) is 0.176. The third kappa shape index (κ3) is 2.54. The van der Waals surface area contributed by atoms with Crippen LogP contribution in [-0.2, 0) is 0 Å². The molecular weight excluding hydrogens is 250 g/mol. The van der Waals surface area contributed by atoms with Gasteiger partial charge in [0.2, 0.25) is 0 Å². The monoisotopic (exact) mass is 267 g/mol. The molecule has 96 valence electrons. The Bertz CT molecular complexity index is 601. The number of nitrogens with zero attached hydrogens (tertiary/aromatic N) is 1. The zero-order valence-corrected chi connectivity index (χ0v) is 12.0. The molecule has 0 spiro atoms. The predicted molar refractivity (Wildman–Crippen MR) is 84.5 cm³/mol. The molecule has 1 aliphatic heterocycles. The number of rotatable bonds is 2. The summed E-state index contributed by atoms with van der Waals surface area (Å²) < 4.78 is 2.38. The SMILES string of the molecule is Cc1ccc(SN2c3ccccc3C=CC2C)cc1. The van der Waals surface area contributed by atoms with E-state index >= 15 is 0 Å². The van der Waals surface area contributed by atoms with Gasteiger partial charge >= 0.3 is 0 Å². The lowest BCUT2D eigenvalue weighted by Crippen LogP contribution is -2.27. The Kier molecular flexibility index (Phi) is 3.34. The molecule has 0 N–H and O–H groups in total. The minimum atomic E-state index is 0.404. The summed E-state index contributed by atoms with van der Waals surface area (Å²) in [5, 5.41) is 0. The van der Waals surface area contributed by atoms with Crippen molar-refractivity contribution in [3.8, 4) is 0 Å². The van der Waals surface area contributed by atoms with Crippen molar-refractivity contribution >= 4 is 23.7 Å². The van der Waals surface area contributed by atoms with E-state index in [0.29, 0.717) is 6.04 Å².